The molecule has 0 aliphatic heterocycles. The summed E-state index contributed by atoms with van der Waals surface area (Å²) in [6.45, 7) is 12.5. The molecule has 0 spiro atoms. The number of oxazole rings is 2. The van der Waals surface area contributed by atoms with Gasteiger partial charge in [0.1, 0.15) is 23.9 Å². The number of hydrogen-bond donors (Lipinski definition) is 0. The molecule has 3 aromatic heterocycles. The van der Waals surface area contributed by atoms with Crippen LogP contribution in [0.4, 0.5) is 0 Å². The van der Waals surface area contributed by atoms with Crippen molar-refractivity contribution in [3.63, 3.8) is 0 Å². The number of pyridine rings is 1. The molecule has 0 atom stereocenters. The maximum Gasteiger partial charge on any atom is 0.245 e. The van der Waals surface area contributed by atoms with E-state index in [1.54, 1.807) is 24.7 Å². The second kappa shape index (κ2) is 7.17. The zero-order chi connectivity index (χ0) is 18.4. The molecule has 141 valence electrons. The van der Waals surface area contributed by atoms with E-state index in [9.17, 15) is 0 Å². The number of aromatic nitrogens is 3. The van der Waals surface area contributed by atoms with Crippen molar-refractivity contribution in [2.75, 3.05) is 0 Å². The van der Waals surface area contributed by atoms with Gasteiger partial charge in [-0.1, -0.05) is 53.1 Å². The normalized spacial score (nSPS) is 12.1. The van der Waals surface area contributed by atoms with E-state index >= 15 is 0 Å². The summed E-state index contributed by atoms with van der Waals surface area (Å²) < 4.78 is 11.2. The van der Waals surface area contributed by atoms with Crippen LogP contribution in [0.15, 0.2) is 33.5 Å². The molecule has 0 fully saturated rings. The number of nitrogens with zero attached hydrogens (tertiary/aromatic N) is 3. The summed E-state index contributed by atoms with van der Waals surface area (Å²) in [5, 5.41) is 0.519. The average molecular weight is 419 g/mol. The van der Waals surface area contributed by atoms with Gasteiger partial charge in [0.2, 0.25) is 11.8 Å². The molecule has 0 saturated heterocycles. The Bertz CT molecular complexity index is 834. The zero-order valence-electron chi connectivity index (χ0n) is 15.7. The molecule has 5 nitrogen and oxygen atoms in total. The van der Waals surface area contributed by atoms with Gasteiger partial charge in [-0.25, -0.2) is 15.0 Å². The second-order valence-corrected chi connectivity index (χ2v) is 8.57. The number of rotatable bonds is 2. The van der Waals surface area contributed by atoms with Crippen LogP contribution in [-0.4, -0.2) is 15.0 Å². The van der Waals surface area contributed by atoms with E-state index < -0.39 is 0 Å². The van der Waals surface area contributed by atoms with Crippen molar-refractivity contribution in [2.45, 2.75) is 52.4 Å². The Kier molecular flexibility index (Phi) is 5.70. The van der Waals surface area contributed by atoms with E-state index in [1.807, 2.05) is 0 Å². The monoisotopic (exact) mass is 418 g/mol. The molecule has 0 amide bonds. The predicted octanol–water partition coefficient (Wildman–Crippen LogP) is 5.64. The Morgan fingerprint density at radius 3 is 1.42 bits per heavy atom. The quantitative estimate of drug-likeness (QED) is 0.539. The summed E-state index contributed by atoms with van der Waals surface area (Å²) in [4.78, 5) is 13.6. The van der Waals surface area contributed by atoms with Gasteiger partial charge in [-0.15, -0.1) is 0 Å². The summed E-state index contributed by atoms with van der Waals surface area (Å²) in [5.41, 5.74) is 2.61. The Hall–Kier alpha value is -1.63. The summed E-state index contributed by atoms with van der Waals surface area (Å²) >= 11 is 6.26. The van der Waals surface area contributed by atoms with E-state index in [-0.39, 0.29) is 27.6 Å². The molecule has 3 rings (SSSR count). The van der Waals surface area contributed by atoms with Crippen molar-refractivity contribution >= 4 is 11.6 Å². The van der Waals surface area contributed by atoms with E-state index in [0.717, 1.165) is 11.4 Å². The van der Waals surface area contributed by atoms with E-state index in [0.29, 0.717) is 28.2 Å². The standard InChI is InChI=1S/C19H22ClN3O2.Co/c1-18(2,3)14-9-24-16(22-14)12-7-11(20)8-13(21-12)17-23-15(10-25-17)19(4,5)6;/h7-10H,1-6H3;. The van der Waals surface area contributed by atoms with Gasteiger partial charge in [0.15, 0.2) is 0 Å². The van der Waals surface area contributed by atoms with Crippen LogP contribution < -0.4 is 0 Å². The van der Waals surface area contributed by atoms with Gasteiger partial charge in [0.25, 0.3) is 0 Å². The first kappa shape index (κ1) is 20.7. The van der Waals surface area contributed by atoms with Gasteiger partial charge >= 0.3 is 0 Å². The van der Waals surface area contributed by atoms with Crippen LogP contribution in [-0.2, 0) is 27.6 Å². The molecule has 0 N–H and O–H groups in total. The van der Waals surface area contributed by atoms with Gasteiger partial charge in [-0.2, -0.15) is 0 Å². The van der Waals surface area contributed by atoms with Crippen molar-refractivity contribution in [1.29, 1.82) is 0 Å². The summed E-state index contributed by atoms with van der Waals surface area (Å²) in [6.07, 6.45) is 3.31. The minimum atomic E-state index is -0.104. The summed E-state index contributed by atoms with van der Waals surface area (Å²) in [7, 11) is 0. The molecule has 7 heteroatoms. The molecular weight excluding hydrogens is 397 g/mol. The average Bonchev–Trinajstić information content (AvgIpc) is 3.15. The van der Waals surface area contributed by atoms with E-state index in [1.165, 1.54) is 0 Å². The summed E-state index contributed by atoms with van der Waals surface area (Å²) in [5.74, 6) is 0.854. The van der Waals surface area contributed by atoms with Crippen LogP contribution in [0.5, 0.6) is 0 Å². The molecule has 3 aromatic rings. The van der Waals surface area contributed by atoms with Crippen LogP contribution in [0.2, 0.25) is 5.02 Å². The first-order chi connectivity index (χ1) is 11.5. The summed E-state index contributed by atoms with van der Waals surface area (Å²) in [6, 6.07) is 3.44. The molecule has 0 aliphatic carbocycles. The van der Waals surface area contributed by atoms with Crippen molar-refractivity contribution in [3.05, 3.63) is 41.1 Å². The minimum absolute atomic E-state index is 0. The molecule has 26 heavy (non-hydrogen) atoms. The van der Waals surface area contributed by atoms with Crippen molar-refractivity contribution in [3.8, 4) is 23.2 Å². The Morgan fingerprint density at radius 1 is 0.731 bits per heavy atom. The molecular formula is C19H22ClCoN3O2. The third-order valence-corrected chi connectivity index (χ3v) is 3.99. The van der Waals surface area contributed by atoms with Crippen LogP contribution in [0.25, 0.3) is 23.2 Å². The first-order valence-electron chi connectivity index (χ1n) is 8.14. The fourth-order valence-corrected chi connectivity index (χ4v) is 2.39. The topological polar surface area (TPSA) is 65.0 Å². The molecule has 0 aromatic carbocycles. The SMILES string of the molecule is CC(C)(C)c1coc(-c2cc(Cl)cc(-c3nc(C(C)(C)C)co3)n2)n1.[Co]. The third-order valence-electron chi connectivity index (χ3n) is 3.77. The van der Waals surface area contributed by atoms with Gasteiger partial charge in [0.05, 0.1) is 11.4 Å². The second-order valence-electron chi connectivity index (χ2n) is 8.13. The van der Waals surface area contributed by atoms with E-state index in [2.05, 4.69) is 56.5 Å². The molecule has 0 bridgehead atoms. The fourth-order valence-electron chi connectivity index (χ4n) is 2.19. The molecule has 0 unspecified atom stereocenters. The Labute approximate surface area is 168 Å². The van der Waals surface area contributed by atoms with E-state index in [4.69, 9.17) is 20.4 Å². The zero-order valence-corrected chi connectivity index (χ0v) is 17.5. The Balaban J connectivity index is 0.00000243. The molecule has 1 radical (unpaired) electrons. The number of halogens is 1. The van der Waals surface area contributed by atoms with Gasteiger partial charge in [-0.3, -0.25) is 0 Å². The molecule has 0 aliphatic rings. The fraction of sp³-hybridized carbons (Fsp3) is 0.421. The van der Waals surface area contributed by atoms with Gasteiger partial charge in [-0.05, 0) is 12.1 Å². The van der Waals surface area contributed by atoms with Crippen molar-refractivity contribution in [1.82, 2.24) is 15.0 Å². The van der Waals surface area contributed by atoms with Crippen LogP contribution in [0.1, 0.15) is 52.9 Å². The van der Waals surface area contributed by atoms with Crippen molar-refractivity contribution in [2.24, 2.45) is 0 Å². The van der Waals surface area contributed by atoms with Gasteiger partial charge in [0, 0.05) is 32.6 Å². The maximum absolute atomic E-state index is 6.26. The van der Waals surface area contributed by atoms with Crippen LogP contribution in [0, 0.1) is 0 Å². The predicted molar refractivity (Wildman–Crippen MR) is 97.6 cm³/mol. The van der Waals surface area contributed by atoms with Crippen LogP contribution in [0.3, 0.4) is 0 Å². The smallest absolute Gasteiger partial charge is 0.245 e. The Morgan fingerprint density at radius 2 is 1.12 bits per heavy atom. The number of hydrogen-bond acceptors (Lipinski definition) is 5. The maximum atomic E-state index is 6.26. The minimum Gasteiger partial charge on any atom is -0.443 e. The van der Waals surface area contributed by atoms with Crippen LogP contribution >= 0.6 is 11.6 Å². The molecule has 0 saturated carbocycles. The largest absolute Gasteiger partial charge is 0.443 e. The van der Waals surface area contributed by atoms with Gasteiger partial charge < -0.3 is 8.83 Å². The third kappa shape index (κ3) is 4.36. The first-order valence-corrected chi connectivity index (χ1v) is 8.52. The van der Waals surface area contributed by atoms with Crippen molar-refractivity contribution < 1.29 is 25.6 Å². The molecule has 3 heterocycles.